The van der Waals surface area contributed by atoms with Crippen molar-refractivity contribution in [2.45, 2.75) is 20.3 Å². The second kappa shape index (κ2) is 6.04. The van der Waals surface area contributed by atoms with Crippen LogP contribution in [-0.4, -0.2) is 9.97 Å². The summed E-state index contributed by atoms with van der Waals surface area (Å²) in [6, 6.07) is 3.23. The molecular weight excluding hydrogens is 319 g/mol. The van der Waals surface area contributed by atoms with Crippen LogP contribution in [0.1, 0.15) is 18.3 Å². The Labute approximate surface area is 132 Å². The van der Waals surface area contributed by atoms with Gasteiger partial charge in [0.25, 0.3) is 0 Å². The van der Waals surface area contributed by atoms with Crippen molar-refractivity contribution < 1.29 is 0 Å². The van der Waals surface area contributed by atoms with Crippen molar-refractivity contribution in [1.29, 1.82) is 0 Å². The number of nitrogens with zero attached hydrogens (tertiary/aromatic N) is 2. The molecule has 2 rings (SSSR count). The number of hydrogen-bond donors (Lipinski definition) is 2. The molecule has 4 nitrogen and oxygen atoms in total. The van der Waals surface area contributed by atoms with E-state index in [1.54, 1.807) is 12.1 Å². The lowest BCUT2D eigenvalue weighted by Crippen LogP contribution is -2.06. The van der Waals surface area contributed by atoms with Crippen molar-refractivity contribution in [2.24, 2.45) is 0 Å². The van der Waals surface area contributed by atoms with Gasteiger partial charge in [-0.2, -0.15) is 0 Å². The van der Waals surface area contributed by atoms with E-state index in [4.69, 9.17) is 40.5 Å². The zero-order valence-corrected chi connectivity index (χ0v) is 13.2. The molecule has 0 unspecified atom stereocenters. The Morgan fingerprint density at radius 1 is 1.10 bits per heavy atom. The summed E-state index contributed by atoms with van der Waals surface area (Å²) in [4.78, 5) is 8.60. The van der Waals surface area contributed by atoms with Gasteiger partial charge in [0, 0.05) is 12.0 Å². The third-order valence-electron chi connectivity index (χ3n) is 2.81. The third kappa shape index (κ3) is 3.08. The van der Waals surface area contributed by atoms with E-state index in [2.05, 4.69) is 15.3 Å². The highest BCUT2D eigenvalue weighted by atomic mass is 35.5. The molecule has 0 saturated heterocycles. The molecule has 0 aliphatic carbocycles. The van der Waals surface area contributed by atoms with E-state index in [9.17, 15) is 0 Å². The predicted octanol–water partition coefficient (Wildman–Crippen LogP) is 4.63. The maximum absolute atomic E-state index is 6.14. The predicted molar refractivity (Wildman–Crippen MR) is 85.3 cm³/mol. The monoisotopic (exact) mass is 330 g/mol. The Bertz CT molecular complexity index is 659. The minimum atomic E-state index is 0.399. The summed E-state index contributed by atoms with van der Waals surface area (Å²) in [5.74, 6) is 1.71. The van der Waals surface area contributed by atoms with Crippen LogP contribution in [0.5, 0.6) is 0 Å². The maximum Gasteiger partial charge on any atom is 0.139 e. The van der Waals surface area contributed by atoms with E-state index in [0.717, 1.165) is 5.56 Å². The van der Waals surface area contributed by atoms with E-state index in [0.29, 0.717) is 44.6 Å². The van der Waals surface area contributed by atoms with Gasteiger partial charge in [-0.05, 0) is 19.1 Å². The Hall–Kier alpha value is -1.23. The van der Waals surface area contributed by atoms with Gasteiger partial charge in [0.05, 0.1) is 20.8 Å². The molecule has 0 bridgehead atoms. The van der Waals surface area contributed by atoms with Crippen LogP contribution in [0.25, 0.3) is 0 Å². The number of halogens is 3. The SMILES string of the molecule is CCc1nc(N)c(C)c(Nc2cc(Cl)c(Cl)cc2Cl)n1. The van der Waals surface area contributed by atoms with Gasteiger partial charge in [-0.3, -0.25) is 0 Å². The first-order valence-electron chi connectivity index (χ1n) is 5.97. The van der Waals surface area contributed by atoms with E-state index in [1.165, 1.54) is 0 Å². The van der Waals surface area contributed by atoms with Crippen LogP contribution in [0.3, 0.4) is 0 Å². The lowest BCUT2D eigenvalue weighted by Gasteiger charge is -2.13. The number of nitrogens with two attached hydrogens (primary N) is 1. The molecule has 0 spiro atoms. The molecule has 0 radical (unpaired) electrons. The summed E-state index contributed by atoms with van der Waals surface area (Å²) in [6.45, 7) is 3.79. The van der Waals surface area contributed by atoms with Gasteiger partial charge in [0.2, 0.25) is 0 Å². The first-order valence-corrected chi connectivity index (χ1v) is 7.10. The van der Waals surface area contributed by atoms with Crippen LogP contribution in [-0.2, 0) is 6.42 Å². The van der Waals surface area contributed by atoms with Crippen molar-refractivity contribution >= 4 is 52.1 Å². The van der Waals surface area contributed by atoms with Gasteiger partial charge in [-0.1, -0.05) is 41.7 Å². The van der Waals surface area contributed by atoms with E-state index in [1.807, 2.05) is 13.8 Å². The average molecular weight is 332 g/mol. The molecule has 0 aliphatic rings. The van der Waals surface area contributed by atoms with Gasteiger partial charge in [0.1, 0.15) is 17.5 Å². The normalized spacial score (nSPS) is 10.7. The number of aryl methyl sites for hydroxylation is 1. The molecular formula is C13H13Cl3N4. The molecule has 2 aromatic rings. The molecule has 0 atom stereocenters. The minimum Gasteiger partial charge on any atom is -0.383 e. The number of hydrogen-bond acceptors (Lipinski definition) is 4. The number of nitrogen functional groups attached to an aromatic ring is 1. The summed E-state index contributed by atoms with van der Waals surface area (Å²) in [5.41, 5.74) is 7.24. The second-order valence-corrected chi connectivity index (χ2v) is 5.44. The van der Waals surface area contributed by atoms with Crippen molar-refractivity contribution in [3.8, 4) is 0 Å². The van der Waals surface area contributed by atoms with Crippen LogP contribution >= 0.6 is 34.8 Å². The molecule has 0 amide bonds. The van der Waals surface area contributed by atoms with Gasteiger partial charge >= 0.3 is 0 Å². The largest absolute Gasteiger partial charge is 0.383 e. The van der Waals surface area contributed by atoms with Crippen molar-refractivity contribution in [2.75, 3.05) is 11.1 Å². The number of benzene rings is 1. The Morgan fingerprint density at radius 2 is 1.75 bits per heavy atom. The second-order valence-electron chi connectivity index (χ2n) is 4.22. The van der Waals surface area contributed by atoms with Crippen LogP contribution in [0.15, 0.2) is 12.1 Å². The highest BCUT2D eigenvalue weighted by Crippen LogP contribution is 2.34. The Balaban J connectivity index is 2.44. The number of rotatable bonds is 3. The summed E-state index contributed by atoms with van der Waals surface area (Å²) >= 11 is 18.0. The van der Waals surface area contributed by atoms with E-state index in [-0.39, 0.29) is 0 Å². The molecule has 1 heterocycles. The zero-order chi connectivity index (χ0) is 14.9. The van der Waals surface area contributed by atoms with Gasteiger partial charge in [0.15, 0.2) is 0 Å². The van der Waals surface area contributed by atoms with Crippen LogP contribution in [0.4, 0.5) is 17.3 Å². The molecule has 3 N–H and O–H groups in total. The standard InChI is InChI=1S/C13H13Cl3N4/c1-3-11-19-12(17)6(2)13(20-11)18-10-5-8(15)7(14)4-9(10)16/h4-5H,3H2,1-2H3,(H3,17,18,19,20). The van der Waals surface area contributed by atoms with Crippen LogP contribution in [0.2, 0.25) is 15.1 Å². The molecule has 20 heavy (non-hydrogen) atoms. The topological polar surface area (TPSA) is 63.8 Å². The summed E-state index contributed by atoms with van der Waals surface area (Å²) in [6.07, 6.45) is 0.689. The molecule has 0 aliphatic heterocycles. The van der Waals surface area contributed by atoms with E-state index < -0.39 is 0 Å². The Kier molecular flexibility index (Phi) is 4.58. The lowest BCUT2D eigenvalue weighted by molar-refractivity contribution is 0.940. The average Bonchev–Trinajstić information content (AvgIpc) is 2.40. The molecule has 1 aromatic carbocycles. The van der Waals surface area contributed by atoms with Gasteiger partial charge in [-0.15, -0.1) is 0 Å². The molecule has 0 fully saturated rings. The number of anilines is 3. The third-order valence-corrected chi connectivity index (χ3v) is 3.84. The van der Waals surface area contributed by atoms with Crippen molar-refractivity contribution in [1.82, 2.24) is 9.97 Å². The van der Waals surface area contributed by atoms with Crippen molar-refractivity contribution in [3.63, 3.8) is 0 Å². The smallest absolute Gasteiger partial charge is 0.139 e. The summed E-state index contributed by atoms with van der Waals surface area (Å²) < 4.78 is 0. The van der Waals surface area contributed by atoms with Crippen molar-refractivity contribution in [3.05, 3.63) is 38.6 Å². The van der Waals surface area contributed by atoms with Gasteiger partial charge in [-0.25, -0.2) is 9.97 Å². The molecule has 7 heteroatoms. The summed E-state index contributed by atoms with van der Waals surface area (Å²) in [7, 11) is 0. The Morgan fingerprint density at radius 3 is 2.40 bits per heavy atom. The minimum absolute atomic E-state index is 0.399. The first-order chi connectivity index (χ1) is 9.42. The lowest BCUT2D eigenvalue weighted by atomic mass is 10.2. The molecule has 1 aromatic heterocycles. The fraction of sp³-hybridized carbons (Fsp3) is 0.231. The number of nitrogens with one attached hydrogen (secondary N) is 1. The fourth-order valence-corrected chi connectivity index (χ4v) is 2.20. The molecule has 106 valence electrons. The fourth-order valence-electron chi connectivity index (χ4n) is 1.61. The quantitative estimate of drug-likeness (QED) is 0.805. The molecule has 0 saturated carbocycles. The van der Waals surface area contributed by atoms with E-state index >= 15 is 0 Å². The highest BCUT2D eigenvalue weighted by Gasteiger charge is 2.11. The summed E-state index contributed by atoms with van der Waals surface area (Å²) in [5, 5.41) is 4.38. The highest BCUT2D eigenvalue weighted by molar-refractivity contribution is 6.44. The number of aromatic nitrogens is 2. The maximum atomic E-state index is 6.14. The van der Waals surface area contributed by atoms with Crippen LogP contribution in [0, 0.1) is 6.92 Å². The van der Waals surface area contributed by atoms with Gasteiger partial charge < -0.3 is 11.1 Å². The first kappa shape index (κ1) is 15.2. The van der Waals surface area contributed by atoms with Crippen LogP contribution < -0.4 is 11.1 Å². The zero-order valence-electron chi connectivity index (χ0n) is 11.0.